The lowest BCUT2D eigenvalue weighted by molar-refractivity contribution is 0.832. The van der Waals surface area contributed by atoms with Gasteiger partial charge in [0.05, 0.1) is 0 Å². The summed E-state index contributed by atoms with van der Waals surface area (Å²) < 4.78 is 0. The van der Waals surface area contributed by atoms with Crippen molar-refractivity contribution < 1.29 is 0 Å². The van der Waals surface area contributed by atoms with E-state index in [1.807, 2.05) is 12.3 Å². The number of aromatic nitrogens is 4. The van der Waals surface area contributed by atoms with Crippen molar-refractivity contribution in [3.8, 4) is 22.9 Å². The number of rotatable bonds is 3. The lowest BCUT2D eigenvalue weighted by Crippen LogP contribution is -2.22. The smallest absolute Gasteiger partial charge is 0.183 e. The highest BCUT2D eigenvalue weighted by Gasteiger charge is 2.36. The van der Waals surface area contributed by atoms with Gasteiger partial charge in [0.15, 0.2) is 17.5 Å². The summed E-state index contributed by atoms with van der Waals surface area (Å²) in [6, 6.07) is 19.4. The van der Waals surface area contributed by atoms with Crippen LogP contribution < -0.4 is 0 Å². The van der Waals surface area contributed by atoms with Gasteiger partial charge in [-0.15, -0.1) is 0 Å². The van der Waals surface area contributed by atoms with Gasteiger partial charge in [0.1, 0.15) is 5.69 Å². The molecule has 11 rings (SSSR count). The van der Waals surface area contributed by atoms with Crippen molar-refractivity contribution in [1.82, 2.24) is 19.9 Å². The van der Waals surface area contributed by atoms with E-state index < -0.39 is 0 Å². The van der Waals surface area contributed by atoms with Gasteiger partial charge in [-0.3, -0.25) is 4.98 Å². The summed E-state index contributed by atoms with van der Waals surface area (Å²) in [4.78, 5) is 20.8. The highest BCUT2D eigenvalue weighted by atomic mass is 15.0. The van der Waals surface area contributed by atoms with Crippen LogP contribution in [0.5, 0.6) is 0 Å². The quantitative estimate of drug-likeness (QED) is 0.204. The number of fused-ring (bicyclic) bond motifs is 1. The predicted molar refractivity (Wildman–Crippen MR) is 194 cm³/mol. The molecule has 224 valence electrons. The Hall–Kier alpha value is -6.00. The molecule has 0 spiro atoms. The van der Waals surface area contributed by atoms with Crippen molar-refractivity contribution in [1.29, 1.82) is 0 Å². The maximum Gasteiger partial charge on any atom is 0.183 e. The minimum Gasteiger partial charge on any atom is -0.252 e. The molecule has 0 saturated heterocycles. The number of benzene rings is 3. The van der Waals surface area contributed by atoms with E-state index in [4.69, 9.17) is 19.9 Å². The first-order chi connectivity index (χ1) is 23.8. The van der Waals surface area contributed by atoms with Gasteiger partial charge in [0, 0.05) is 28.6 Å². The summed E-state index contributed by atoms with van der Waals surface area (Å²) in [6.45, 7) is 0. The zero-order valence-corrected chi connectivity index (χ0v) is 26.1. The van der Waals surface area contributed by atoms with Crippen LogP contribution in [0.15, 0.2) is 149 Å². The molecule has 0 saturated carbocycles. The summed E-state index contributed by atoms with van der Waals surface area (Å²) in [7, 11) is 0. The highest BCUT2D eigenvalue weighted by Crippen LogP contribution is 2.50. The van der Waals surface area contributed by atoms with Crippen molar-refractivity contribution >= 4 is 38.8 Å². The summed E-state index contributed by atoms with van der Waals surface area (Å²) in [5, 5.41) is 4.65. The van der Waals surface area contributed by atoms with Crippen molar-refractivity contribution in [2.45, 2.75) is 19.3 Å². The molecule has 0 amide bonds. The summed E-state index contributed by atoms with van der Waals surface area (Å²) >= 11 is 0. The molecule has 6 aliphatic carbocycles. The second kappa shape index (κ2) is 9.76. The number of allylic oxidation sites excluding steroid dienone is 17. The van der Waals surface area contributed by atoms with Crippen LogP contribution in [-0.2, 0) is 6.42 Å². The molecule has 4 heteroatoms. The van der Waals surface area contributed by atoms with E-state index in [1.54, 1.807) is 0 Å². The van der Waals surface area contributed by atoms with Crippen LogP contribution in [0.25, 0.3) is 61.7 Å². The van der Waals surface area contributed by atoms with Crippen LogP contribution in [0.4, 0.5) is 0 Å². The lowest BCUT2D eigenvalue weighted by Gasteiger charge is -2.36. The first kappa shape index (κ1) is 26.1. The Kier molecular flexibility index (Phi) is 5.31. The molecule has 4 nitrogen and oxygen atoms in total. The summed E-state index contributed by atoms with van der Waals surface area (Å²) in [5.41, 5.74) is 14.8. The minimum absolute atomic E-state index is 0.253. The van der Waals surface area contributed by atoms with Gasteiger partial charge < -0.3 is 0 Å². The van der Waals surface area contributed by atoms with Crippen LogP contribution in [-0.4, -0.2) is 19.9 Å². The zero-order valence-electron chi connectivity index (χ0n) is 26.1. The fourth-order valence-electron chi connectivity index (χ4n) is 8.55. The molecule has 5 aromatic rings. The third-order valence-electron chi connectivity index (χ3n) is 10.7. The normalized spacial score (nSPS) is 19.5. The van der Waals surface area contributed by atoms with Crippen LogP contribution in [0.3, 0.4) is 0 Å². The van der Waals surface area contributed by atoms with E-state index in [-0.39, 0.29) is 5.92 Å². The minimum atomic E-state index is 0.253. The van der Waals surface area contributed by atoms with Gasteiger partial charge in [-0.1, -0.05) is 109 Å². The lowest BCUT2D eigenvalue weighted by atomic mass is 9.67. The van der Waals surface area contributed by atoms with Crippen LogP contribution in [0, 0.1) is 5.92 Å². The Bertz CT molecular complexity index is 2630. The van der Waals surface area contributed by atoms with Crippen LogP contribution >= 0.6 is 0 Å². The van der Waals surface area contributed by atoms with Gasteiger partial charge >= 0.3 is 0 Å². The van der Waals surface area contributed by atoms with E-state index in [1.165, 1.54) is 60.9 Å². The van der Waals surface area contributed by atoms with E-state index in [2.05, 4.69) is 115 Å². The van der Waals surface area contributed by atoms with E-state index >= 15 is 0 Å². The van der Waals surface area contributed by atoms with E-state index in [0.29, 0.717) is 17.5 Å². The molecule has 0 fully saturated rings. The van der Waals surface area contributed by atoms with Crippen molar-refractivity contribution in [3.63, 3.8) is 0 Å². The highest BCUT2D eigenvalue weighted by molar-refractivity contribution is 6.08. The maximum absolute atomic E-state index is 5.36. The van der Waals surface area contributed by atoms with E-state index in [9.17, 15) is 0 Å². The van der Waals surface area contributed by atoms with Gasteiger partial charge in [-0.05, 0) is 97.7 Å². The van der Waals surface area contributed by atoms with Gasteiger partial charge in [0.25, 0.3) is 0 Å². The average molecular weight is 613 g/mol. The van der Waals surface area contributed by atoms with Gasteiger partial charge in [0.2, 0.25) is 0 Å². The molecule has 6 aliphatic rings. The standard InChI is InChI=1S/C44H28N4/c1-2-12-32-25(6-1)22-23-45-41(32)44-47-42(35-21-19-30-17-15-26-7-3-8-28-18-20-34(35)40(30)37(26)28)46-43(48-44)36-24-31-11-4-9-27-14-16-29-10-5-13-33(36)39(29)38(27)31/h1-6,8-9,11-16,18-24,38H,7,10,17H2. The molecule has 2 aromatic heterocycles. The molecule has 0 N–H and O–H groups in total. The fourth-order valence-corrected chi connectivity index (χ4v) is 8.55. The SMILES string of the molecule is C1=CC2=CC=C3CC=CC4=C3C2C(=C1)C=C4c1nc(-c2nccc3ccccc23)nc(-c2ccc3c4c5c(ccc24)C=CCC5=CC3)n1. The molecular formula is C44H28N4. The molecule has 3 aromatic carbocycles. The number of nitrogens with zero attached hydrogens (tertiary/aromatic N) is 4. The second-order valence-corrected chi connectivity index (χ2v) is 13.3. The second-order valence-electron chi connectivity index (χ2n) is 13.3. The van der Waals surface area contributed by atoms with Crippen LogP contribution in [0.1, 0.15) is 35.4 Å². The Morgan fingerprint density at radius 2 is 1.56 bits per heavy atom. The number of hydrogen-bond donors (Lipinski definition) is 0. The van der Waals surface area contributed by atoms with Crippen molar-refractivity contribution in [2.24, 2.45) is 5.92 Å². The van der Waals surface area contributed by atoms with Crippen molar-refractivity contribution in [3.05, 3.63) is 172 Å². The molecule has 0 bridgehead atoms. The summed E-state index contributed by atoms with van der Waals surface area (Å²) in [5.74, 6) is 2.19. The molecule has 0 aliphatic heterocycles. The zero-order chi connectivity index (χ0) is 31.3. The van der Waals surface area contributed by atoms with Gasteiger partial charge in [-0.25, -0.2) is 15.0 Å². The number of pyridine rings is 1. The maximum atomic E-state index is 5.36. The first-order valence-corrected chi connectivity index (χ1v) is 16.8. The largest absolute Gasteiger partial charge is 0.252 e. The molecule has 0 radical (unpaired) electrons. The Labute approximate surface area is 278 Å². The number of hydrogen-bond acceptors (Lipinski definition) is 4. The summed E-state index contributed by atoms with van der Waals surface area (Å²) in [6.07, 6.45) is 29.7. The molecule has 48 heavy (non-hydrogen) atoms. The van der Waals surface area contributed by atoms with Gasteiger partial charge in [-0.2, -0.15) is 0 Å². The molecule has 2 heterocycles. The fraction of sp³-hybridized carbons (Fsp3) is 0.0909. The predicted octanol–water partition coefficient (Wildman–Crippen LogP) is 9.90. The topological polar surface area (TPSA) is 51.6 Å². The monoisotopic (exact) mass is 612 g/mol. The Morgan fingerprint density at radius 1 is 0.667 bits per heavy atom. The van der Waals surface area contributed by atoms with E-state index in [0.717, 1.165) is 46.9 Å². The first-order valence-electron chi connectivity index (χ1n) is 16.8. The van der Waals surface area contributed by atoms with Crippen LogP contribution in [0.2, 0.25) is 0 Å². The third-order valence-corrected chi connectivity index (χ3v) is 10.7. The van der Waals surface area contributed by atoms with Crippen molar-refractivity contribution in [2.75, 3.05) is 0 Å². The molecular weight excluding hydrogens is 585 g/mol. The molecule has 1 unspecified atom stereocenters. The third kappa shape index (κ3) is 3.66. The average Bonchev–Trinajstić information content (AvgIpc) is 3.15. The Morgan fingerprint density at radius 3 is 2.56 bits per heavy atom. The Balaban J connectivity index is 1.20. The molecule has 1 atom stereocenters.